The molecule has 0 aliphatic carbocycles. The van der Waals surface area contributed by atoms with Gasteiger partial charge >= 0.3 is 0 Å². The summed E-state index contributed by atoms with van der Waals surface area (Å²) in [6, 6.07) is 17.1. The quantitative estimate of drug-likeness (QED) is 0.581. The molecule has 0 saturated carbocycles. The largest absolute Gasteiger partial charge is 0.497 e. The molecule has 1 atom stereocenters. The smallest absolute Gasteiger partial charge is 0.241 e. The van der Waals surface area contributed by atoms with Crippen LogP contribution in [0.2, 0.25) is 0 Å². The molecule has 1 N–H and O–H groups in total. The van der Waals surface area contributed by atoms with E-state index in [9.17, 15) is 9.59 Å². The van der Waals surface area contributed by atoms with Gasteiger partial charge in [-0.3, -0.25) is 19.5 Å². The fraction of sp³-hybridized carbons (Fsp3) is 0.370. The maximum atomic E-state index is 13.0. The van der Waals surface area contributed by atoms with Crippen molar-refractivity contribution in [3.63, 3.8) is 0 Å². The van der Waals surface area contributed by atoms with Crippen molar-refractivity contribution < 1.29 is 14.3 Å². The van der Waals surface area contributed by atoms with E-state index >= 15 is 0 Å². The number of benzene rings is 2. The molecule has 7 heteroatoms. The van der Waals surface area contributed by atoms with E-state index in [2.05, 4.69) is 15.2 Å². The third kappa shape index (κ3) is 5.72. The van der Waals surface area contributed by atoms with Gasteiger partial charge in [0.15, 0.2) is 0 Å². The van der Waals surface area contributed by atoms with Gasteiger partial charge < -0.3 is 15.0 Å². The Morgan fingerprint density at radius 3 is 2.65 bits per heavy atom. The molecule has 34 heavy (non-hydrogen) atoms. The van der Waals surface area contributed by atoms with E-state index in [1.165, 1.54) is 0 Å². The van der Waals surface area contributed by atoms with Gasteiger partial charge in [0.25, 0.3) is 0 Å². The molecule has 0 radical (unpaired) electrons. The number of carbonyl (C=O) groups excluding carboxylic acids is 2. The molecule has 1 fully saturated rings. The van der Waals surface area contributed by atoms with Crippen LogP contribution in [0.3, 0.4) is 0 Å². The Labute approximate surface area is 200 Å². The average molecular weight is 461 g/mol. The zero-order valence-corrected chi connectivity index (χ0v) is 19.9. The second kappa shape index (κ2) is 11.1. The number of ether oxygens (including phenoxy) is 1. The molecule has 3 aromatic rings. The molecule has 178 valence electrons. The van der Waals surface area contributed by atoms with Crippen molar-refractivity contribution >= 4 is 28.4 Å². The maximum absolute atomic E-state index is 13.0. The lowest BCUT2D eigenvalue weighted by Crippen LogP contribution is -2.44. The van der Waals surface area contributed by atoms with E-state index < -0.39 is 0 Å². The Kier molecular flexibility index (Phi) is 7.75. The SMILES string of the molecule is COc1ccc(CCC(=O)N2CCCN(C(C)C(=O)Nc3cccc4ncccc34)CC2)cc1. The molecule has 1 aliphatic heterocycles. The molecule has 2 amide bonds. The Hall–Kier alpha value is -3.45. The number of aryl methyl sites for hydroxylation is 1. The van der Waals surface area contributed by atoms with Crippen molar-refractivity contribution in [2.24, 2.45) is 0 Å². The number of aromatic nitrogens is 1. The third-order valence-electron chi connectivity index (χ3n) is 6.50. The maximum Gasteiger partial charge on any atom is 0.241 e. The topological polar surface area (TPSA) is 74.8 Å². The predicted molar refractivity (Wildman–Crippen MR) is 134 cm³/mol. The van der Waals surface area contributed by atoms with Crippen LogP contribution in [0.25, 0.3) is 10.9 Å². The van der Waals surface area contributed by atoms with Gasteiger partial charge in [0.2, 0.25) is 11.8 Å². The minimum absolute atomic E-state index is 0.0457. The van der Waals surface area contributed by atoms with E-state index in [4.69, 9.17) is 4.74 Å². The molecule has 4 rings (SSSR count). The fourth-order valence-corrected chi connectivity index (χ4v) is 4.39. The first-order valence-corrected chi connectivity index (χ1v) is 11.8. The first-order valence-electron chi connectivity index (χ1n) is 11.8. The van der Waals surface area contributed by atoms with Gasteiger partial charge in [-0.15, -0.1) is 0 Å². The lowest BCUT2D eigenvalue weighted by molar-refractivity contribution is -0.131. The van der Waals surface area contributed by atoms with Gasteiger partial charge in [-0.05, 0) is 61.7 Å². The second-order valence-corrected chi connectivity index (χ2v) is 8.66. The van der Waals surface area contributed by atoms with Gasteiger partial charge in [-0.25, -0.2) is 0 Å². The summed E-state index contributed by atoms with van der Waals surface area (Å²) in [5.41, 5.74) is 2.75. The van der Waals surface area contributed by atoms with Gasteiger partial charge in [-0.1, -0.05) is 18.2 Å². The van der Waals surface area contributed by atoms with Crippen molar-refractivity contribution in [2.45, 2.75) is 32.2 Å². The Balaban J connectivity index is 1.30. The summed E-state index contributed by atoms with van der Waals surface area (Å²) in [5, 5.41) is 4.00. The zero-order valence-electron chi connectivity index (χ0n) is 19.9. The Morgan fingerprint density at radius 2 is 1.85 bits per heavy atom. The molecule has 2 aromatic carbocycles. The lowest BCUT2D eigenvalue weighted by atomic mass is 10.1. The highest BCUT2D eigenvalue weighted by molar-refractivity contribution is 6.02. The van der Waals surface area contributed by atoms with E-state index in [0.717, 1.165) is 47.4 Å². The number of amides is 2. The number of hydrogen-bond donors (Lipinski definition) is 1. The van der Waals surface area contributed by atoms with Gasteiger partial charge in [0.1, 0.15) is 5.75 Å². The lowest BCUT2D eigenvalue weighted by Gasteiger charge is -2.27. The molecule has 7 nitrogen and oxygen atoms in total. The number of hydrogen-bond acceptors (Lipinski definition) is 5. The van der Waals surface area contributed by atoms with Gasteiger partial charge in [0, 0.05) is 44.2 Å². The van der Waals surface area contributed by atoms with E-state index in [1.54, 1.807) is 13.3 Å². The van der Waals surface area contributed by atoms with Crippen LogP contribution in [-0.4, -0.2) is 65.9 Å². The summed E-state index contributed by atoms with van der Waals surface area (Å²) < 4.78 is 5.19. The number of nitrogens with one attached hydrogen (secondary N) is 1. The van der Waals surface area contributed by atoms with Crippen molar-refractivity contribution in [3.05, 3.63) is 66.4 Å². The first-order chi connectivity index (χ1) is 16.5. The molecule has 1 aliphatic rings. The zero-order chi connectivity index (χ0) is 23.9. The molecule has 0 bridgehead atoms. The number of nitrogens with zero attached hydrogens (tertiary/aromatic N) is 3. The summed E-state index contributed by atoms with van der Waals surface area (Å²) in [4.78, 5) is 34.3. The van der Waals surface area contributed by atoms with E-state index in [0.29, 0.717) is 25.9 Å². The van der Waals surface area contributed by atoms with Crippen LogP contribution >= 0.6 is 0 Å². The van der Waals surface area contributed by atoms with Crippen LogP contribution in [0, 0.1) is 0 Å². The molecule has 1 aromatic heterocycles. The standard InChI is InChI=1S/C27H32N4O3/c1-20(27(33)29-25-8-3-7-24-23(25)6-4-15-28-24)30-16-5-17-31(19-18-30)26(32)14-11-21-9-12-22(34-2)13-10-21/h3-4,6-10,12-13,15,20H,5,11,14,16-19H2,1-2H3,(H,29,33). The highest BCUT2D eigenvalue weighted by atomic mass is 16.5. The molecule has 0 spiro atoms. The number of methoxy groups -OCH3 is 1. The second-order valence-electron chi connectivity index (χ2n) is 8.66. The molecule has 2 heterocycles. The average Bonchev–Trinajstić information content (AvgIpc) is 3.14. The number of fused-ring (bicyclic) bond motifs is 1. The Bertz CT molecular complexity index is 1130. The third-order valence-corrected chi connectivity index (χ3v) is 6.50. The fourth-order valence-electron chi connectivity index (χ4n) is 4.39. The monoisotopic (exact) mass is 460 g/mol. The van der Waals surface area contributed by atoms with Gasteiger partial charge in [0.05, 0.1) is 24.4 Å². The summed E-state index contributed by atoms with van der Waals surface area (Å²) >= 11 is 0. The number of anilines is 1. The van der Waals surface area contributed by atoms with Crippen molar-refractivity contribution in [1.82, 2.24) is 14.8 Å². The highest BCUT2D eigenvalue weighted by Crippen LogP contribution is 2.22. The summed E-state index contributed by atoms with van der Waals surface area (Å²) in [6.07, 6.45) is 3.79. The minimum Gasteiger partial charge on any atom is -0.497 e. The van der Waals surface area contributed by atoms with Crippen LogP contribution in [-0.2, 0) is 16.0 Å². The van der Waals surface area contributed by atoms with Crippen molar-refractivity contribution in [2.75, 3.05) is 38.6 Å². The van der Waals surface area contributed by atoms with Crippen LogP contribution in [0.1, 0.15) is 25.3 Å². The summed E-state index contributed by atoms with van der Waals surface area (Å²) in [5.74, 6) is 0.937. The van der Waals surface area contributed by atoms with Gasteiger partial charge in [-0.2, -0.15) is 0 Å². The van der Waals surface area contributed by atoms with E-state index in [1.807, 2.05) is 66.4 Å². The molecule has 1 saturated heterocycles. The van der Waals surface area contributed by atoms with Crippen molar-refractivity contribution in [1.29, 1.82) is 0 Å². The number of carbonyl (C=O) groups is 2. The normalized spacial score (nSPS) is 15.5. The van der Waals surface area contributed by atoms with Crippen LogP contribution in [0.4, 0.5) is 5.69 Å². The first kappa shape index (κ1) is 23.7. The number of rotatable bonds is 7. The highest BCUT2D eigenvalue weighted by Gasteiger charge is 2.26. The molecule has 1 unspecified atom stereocenters. The minimum atomic E-state index is -0.290. The predicted octanol–water partition coefficient (Wildman–Crippen LogP) is 3.74. The van der Waals surface area contributed by atoms with Crippen LogP contribution in [0.5, 0.6) is 5.75 Å². The van der Waals surface area contributed by atoms with Crippen molar-refractivity contribution in [3.8, 4) is 5.75 Å². The Morgan fingerprint density at radius 1 is 1.03 bits per heavy atom. The number of pyridine rings is 1. The summed E-state index contributed by atoms with van der Waals surface area (Å²) in [6.45, 7) is 4.76. The van der Waals surface area contributed by atoms with E-state index in [-0.39, 0.29) is 17.9 Å². The molecular weight excluding hydrogens is 428 g/mol. The van der Waals surface area contributed by atoms with Crippen LogP contribution < -0.4 is 10.1 Å². The molecular formula is C27H32N4O3. The van der Waals surface area contributed by atoms with Crippen LogP contribution in [0.15, 0.2) is 60.8 Å². The summed E-state index contributed by atoms with van der Waals surface area (Å²) in [7, 11) is 1.65.